The van der Waals surface area contributed by atoms with Crippen molar-refractivity contribution in [3.05, 3.63) is 64.1 Å². The van der Waals surface area contributed by atoms with Gasteiger partial charge in [-0.05, 0) is 58.6 Å². The van der Waals surface area contributed by atoms with Crippen LogP contribution in [0.1, 0.15) is 29.8 Å². The Morgan fingerprint density at radius 1 is 1.21 bits per heavy atom. The van der Waals surface area contributed by atoms with Crippen LogP contribution in [0.25, 0.3) is 22.3 Å². The third-order valence-electron chi connectivity index (χ3n) is 6.12. The summed E-state index contributed by atoms with van der Waals surface area (Å²) < 4.78 is 5.43. The van der Waals surface area contributed by atoms with E-state index in [2.05, 4.69) is 25.3 Å². The van der Waals surface area contributed by atoms with Crippen LogP contribution in [0.4, 0.5) is 23.0 Å². The van der Waals surface area contributed by atoms with Crippen LogP contribution >= 0.6 is 0 Å². The fraction of sp³-hybridized carbons (Fsp3) is 0.333. The number of H-pyrrole nitrogens is 1. The molecule has 0 radical (unpaired) electrons. The zero-order chi connectivity index (χ0) is 28.3. The summed E-state index contributed by atoms with van der Waals surface area (Å²) in [7, 11) is 5.74. The van der Waals surface area contributed by atoms with Gasteiger partial charge in [0, 0.05) is 55.7 Å². The maximum Gasteiger partial charge on any atom is 0.342 e. The average Bonchev–Trinajstić information content (AvgIpc) is 3.31. The lowest BCUT2D eigenvalue weighted by molar-refractivity contribution is -0.384. The first-order valence-corrected chi connectivity index (χ1v) is 12.5. The van der Waals surface area contributed by atoms with Gasteiger partial charge < -0.3 is 24.8 Å². The first kappa shape index (κ1) is 27.5. The van der Waals surface area contributed by atoms with Crippen LogP contribution in [0, 0.1) is 17.0 Å². The van der Waals surface area contributed by atoms with Crippen molar-refractivity contribution in [2.45, 2.75) is 26.9 Å². The van der Waals surface area contributed by atoms with Crippen molar-refractivity contribution in [1.29, 1.82) is 0 Å². The normalized spacial score (nSPS) is 11.3. The molecule has 4 aromatic rings. The molecule has 0 atom stereocenters. The Bertz CT molecular complexity index is 1520. The van der Waals surface area contributed by atoms with Gasteiger partial charge in [-0.15, -0.1) is 0 Å². The summed E-state index contributed by atoms with van der Waals surface area (Å²) in [6.07, 6.45) is 4.47. The number of hydrogen-bond donors (Lipinski definition) is 2. The number of nitrogens with zero attached hydrogens (tertiary/aromatic N) is 6. The van der Waals surface area contributed by atoms with Gasteiger partial charge in [0.15, 0.2) is 0 Å². The minimum atomic E-state index is -0.554. The van der Waals surface area contributed by atoms with E-state index in [1.807, 2.05) is 43.9 Å². The molecule has 0 aliphatic rings. The summed E-state index contributed by atoms with van der Waals surface area (Å²) in [5, 5.41) is 15.9. The fourth-order valence-corrected chi connectivity index (χ4v) is 4.08. The summed E-state index contributed by atoms with van der Waals surface area (Å²) >= 11 is 0. The van der Waals surface area contributed by atoms with Crippen molar-refractivity contribution in [2.75, 3.05) is 44.4 Å². The number of esters is 1. The molecule has 0 aliphatic carbocycles. The maximum atomic E-state index is 12.9. The molecule has 4 rings (SSSR count). The number of aryl methyl sites for hydroxylation is 1. The molecular weight excluding hydrogens is 500 g/mol. The standard InChI is InChI=1S/C27H32N8O4/c1-16(2)39-26(36)20-15-30-27(32-24(20)19-14-29-25-18(19)8-7-9-28-25)31-21-13-23(35(37)38)22(12-17(21)3)34(6)11-10-33(4)5/h7-9,12-16H,10-11H2,1-6H3,(H,28,29)(H,30,31,32). The zero-order valence-corrected chi connectivity index (χ0v) is 22.8. The van der Waals surface area contributed by atoms with E-state index < -0.39 is 10.9 Å². The molecule has 0 saturated heterocycles. The molecule has 39 heavy (non-hydrogen) atoms. The number of nitro groups is 1. The number of aromatic amines is 1. The van der Waals surface area contributed by atoms with E-state index in [4.69, 9.17) is 4.74 Å². The number of likely N-dealkylation sites (N-methyl/N-ethyl adjacent to an activating group) is 2. The summed E-state index contributed by atoms with van der Waals surface area (Å²) in [5.41, 5.74) is 3.58. The third kappa shape index (κ3) is 6.12. The molecule has 0 saturated carbocycles. The van der Waals surface area contributed by atoms with Crippen molar-refractivity contribution >= 4 is 40.0 Å². The molecule has 0 spiro atoms. The van der Waals surface area contributed by atoms with E-state index in [9.17, 15) is 14.9 Å². The Balaban J connectivity index is 1.75. The largest absolute Gasteiger partial charge is 0.459 e. The highest BCUT2D eigenvalue weighted by Crippen LogP contribution is 2.35. The van der Waals surface area contributed by atoms with E-state index in [1.54, 1.807) is 38.4 Å². The molecule has 204 valence electrons. The third-order valence-corrected chi connectivity index (χ3v) is 6.12. The first-order valence-electron chi connectivity index (χ1n) is 12.5. The highest BCUT2D eigenvalue weighted by atomic mass is 16.6. The van der Waals surface area contributed by atoms with Gasteiger partial charge in [0.25, 0.3) is 5.69 Å². The summed E-state index contributed by atoms with van der Waals surface area (Å²) in [4.78, 5) is 44.8. The fourth-order valence-electron chi connectivity index (χ4n) is 4.08. The number of benzene rings is 1. The second kappa shape index (κ2) is 11.4. The number of rotatable bonds is 10. The lowest BCUT2D eigenvalue weighted by atomic mass is 10.1. The number of ether oxygens (including phenoxy) is 1. The molecule has 0 unspecified atom stereocenters. The van der Waals surface area contributed by atoms with Crippen molar-refractivity contribution in [2.24, 2.45) is 0 Å². The number of hydrogen-bond acceptors (Lipinski definition) is 10. The molecular formula is C27H32N8O4. The van der Waals surface area contributed by atoms with Crippen LogP contribution in [0.2, 0.25) is 0 Å². The van der Waals surface area contributed by atoms with Gasteiger partial charge in [0.05, 0.1) is 22.4 Å². The Morgan fingerprint density at radius 2 is 1.97 bits per heavy atom. The van der Waals surface area contributed by atoms with E-state index in [0.717, 1.165) is 17.5 Å². The number of nitrogens with one attached hydrogen (secondary N) is 2. The van der Waals surface area contributed by atoms with Crippen molar-refractivity contribution in [3.8, 4) is 11.3 Å². The number of pyridine rings is 1. The number of carbonyl (C=O) groups is 1. The van der Waals surface area contributed by atoms with Crippen LogP contribution in [-0.4, -0.2) is 76.1 Å². The maximum absolute atomic E-state index is 12.9. The predicted octanol–water partition coefficient (Wildman–Crippen LogP) is 4.54. The van der Waals surface area contributed by atoms with Gasteiger partial charge in [-0.25, -0.2) is 19.7 Å². The predicted molar refractivity (Wildman–Crippen MR) is 151 cm³/mol. The van der Waals surface area contributed by atoms with Gasteiger partial charge in [0.2, 0.25) is 5.95 Å². The van der Waals surface area contributed by atoms with Crippen LogP contribution in [0.5, 0.6) is 0 Å². The lowest BCUT2D eigenvalue weighted by Crippen LogP contribution is -2.29. The van der Waals surface area contributed by atoms with Crippen molar-refractivity contribution < 1.29 is 14.5 Å². The highest BCUT2D eigenvalue weighted by Gasteiger charge is 2.23. The van der Waals surface area contributed by atoms with Gasteiger partial charge in [-0.2, -0.15) is 0 Å². The van der Waals surface area contributed by atoms with E-state index in [0.29, 0.717) is 34.8 Å². The number of nitro benzene ring substituents is 1. The summed E-state index contributed by atoms with van der Waals surface area (Å²) in [6, 6.07) is 6.93. The highest BCUT2D eigenvalue weighted by molar-refractivity contribution is 6.02. The second-order valence-corrected chi connectivity index (χ2v) is 9.77. The molecule has 0 amide bonds. The number of carbonyl (C=O) groups excluding carboxylic acids is 1. The first-order chi connectivity index (χ1) is 18.5. The molecule has 3 aromatic heterocycles. The quantitative estimate of drug-likeness (QED) is 0.170. The zero-order valence-electron chi connectivity index (χ0n) is 22.8. The molecule has 1 aromatic carbocycles. The van der Waals surface area contributed by atoms with E-state index in [-0.39, 0.29) is 23.3 Å². The van der Waals surface area contributed by atoms with Gasteiger partial charge >= 0.3 is 5.97 Å². The molecule has 3 heterocycles. The Hall–Kier alpha value is -4.58. The molecule has 2 N–H and O–H groups in total. The minimum absolute atomic E-state index is 0.0376. The van der Waals surface area contributed by atoms with Crippen molar-refractivity contribution in [3.63, 3.8) is 0 Å². The smallest absolute Gasteiger partial charge is 0.342 e. The molecule has 12 nitrogen and oxygen atoms in total. The number of anilines is 3. The van der Waals surface area contributed by atoms with Crippen molar-refractivity contribution in [1.82, 2.24) is 24.8 Å². The Morgan fingerprint density at radius 3 is 2.67 bits per heavy atom. The molecule has 12 heteroatoms. The summed E-state index contributed by atoms with van der Waals surface area (Å²) in [6.45, 7) is 6.76. The van der Waals surface area contributed by atoms with Crippen LogP contribution in [0.15, 0.2) is 42.9 Å². The summed E-state index contributed by atoms with van der Waals surface area (Å²) in [5.74, 6) is -0.378. The second-order valence-electron chi connectivity index (χ2n) is 9.77. The Labute approximate surface area is 226 Å². The molecule has 0 bridgehead atoms. The van der Waals surface area contributed by atoms with Gasteiger partial charge in [0.1, 0.15) is 16.9 Å². The molecule has 0 fully saturated rings. The van der Waals surface area contributed by atoms with E-state index in [1.165, 1.54) is 12.3 Å². The average molecular weight is 533 g/mol. The number of aromatic nitrogens is 4. The van der Waals surface area contributed by atoms with Crippen LogP contribution in [-0.2, 0) is 4.74 Å². The van der Waals surface area contributed by atoms with Gasteiger partial charge in [-0.3, -0.25) is 10.1 Å². The number of fused-ring (bicyclic) bond motifs is 1. The topological polar surface area (TPSA) is 142 Å². The van der Waals surface area contributed by atoms with Crippen LogP contribution in [0.3, 0.4) is 0 Å². The Kier molecular flexibility index (Phi) is 8.05. The lowest BCUT2D eigenvalue weighted by Gasteiger charge is -2.22. The SMILES string of the molecule is Cc1cc(N(C)CCN(C)C)c([N+](=O)[O-])cc1Nc1ncc(C(=O)OC(C)C)c(-c2c[nH]c3ncccc23)n1. The van der Waals surface area contributed by atoms with Gasteiger partial charge in [-0.1, -0.05) is 0 Å². The van der Waals surface area contributed by atoms with E-state index >= 15 is 0 Å². The molecule has 0 aliphatic heterocycles. The van der Waals surface area contributed by atoms with Crippen LogP contribution < -0.4 is 10.2 Å². The monoisotopic (exact) mass is 532 g/mol. The minimum Gasteiger partial charge on any atom is -0.459 e.